The summed E-state index contributed by atoms with van der Waals surface area (Å²) >= 11 is 0. The second-order valence-electron chi connectivity index (χ2n) is 2.90. The molecule has 0 aromatic carbocycles. The highest BCUT2D eigenvalue weighted by molar-refractivity contribution is 5.22. The van der Waals surface area contributed by atoms with Crippen LogP contribution in [-0.4, -0.2) is 21.3 Å². The molecule has 0 spiro atoms. The lowest BCUT2D eigenvalue weighted by atomic mass is 10.1. The Labute approximate surface area is 80.3 Å². The van der Waals surface area contributed by atoms with E-state index in [4.69, 9.17) is 10.4 Å². The van der Waals surface area contributed by atoms with Crippen molar-refractivity contribution in [3.8, 4) is 6.07 Å². The molecule has 2 unspecified atom stereocenters. The van der Waals surface area contributed by atoms with Crippen molar-refractivity contribution in [1.82, 2.24) is 4.98 Å². The minimum Gasteiger partial charge on any atom is -0.384 e. The van der Waals surface area contributed by atoms with Crippen LogP contribution in [0.15, 0.2) is 12.3 Å². The maximum Gasteiger partial charge on any atom is 0.215 e. The monoisotopic (exact) mass is 196 g/mol. The van der Waals surface area contributed by atoms with Crippen LogP contribution in [0.2, 0.25) is 0 Å². The molecule has 0 aliphatic heterocycles. The van der Waals surface area contributed by atoms with Crippen molar-refractivity contribution in [3.05, 3.63) is 29.3 Å². The number of aliphatic hydroxyl groups is 2. The largest absolute Gasteiger partial charge is 0.384 e. The molecule has 2 N–H and O–H groups in total. The molecule has 0 radical (unpaired) electrons. The standard InChI is InChI=1S/C9H9FN2O2/c1-5-2-6(4-12-9(5)10)8(14)7(13)3-11/h2,4,7-8,13-14H,1H3. The van der Waals surface area contributed by atoms with Gasteiger partial charge in [0.2, 0.25) is 5.95 Å². The zero-order valence-electron chi connectivity index (χ0n) is 7.48. The molecule has 1 aromatic heterocycles. The highest BCUT2D eigenvalue weighted by atomic mass is 19.1. The number of aromatic nitrogens is 1. The number of aliphatic hydroxyl groups excluding tert-OH is 2. The van der Waals surface area contributed by atoms with Crippen LogP contribution in [0.5, 0.6) is 0 Å². The van der Waals surface area contributed by atoms with Crippen LogP contribution in [0.3, 0.4) is 0 Å². The highest BCUT2D eigenvalue weighted by Gasteiger charge is 2.18. The molecule has 4 nitrogen and oxygen atoms in total. The van der Waals surface area contributed by atoms with Crippen molar-refractivity contribution in [3.63, 3.8) is 0 Å². The van der Waals surface area contributed by atoms with E-state index in [-0.39, 0.29) is 11.1 Å². The predicted molar refractivity (Wildman–Crippen MR) is 45.5 cm³/mol. The summed E-state index contributed by atoms with van der Waals surface area (Å²) in [5.74, 6) is -0.632. The first kappa shape index (κ1) is 10.6. The molecule has 5 heteroatoms. The molecule has 1 aromatic rings. The van der Waals surface area contributed by atoms with Crippen molar-refractivity contribution in [2.45, 2.75) is 19.1 Å². The lowest BCUT2D eigenvalue weighted by Crippen LogP contribution is -2.16. The Balaban J connectivity index is 2.98. The number of pyridine rings is 1. The second kappa shape index (κ2) is 4.13. The van der Waals surface area contributed by atoms with Gasteiger partial charge in [0.1, 0.15) is 6.10 Å². The summed E-state index contributed by atoms with van der Waals surface area (Å²) in [6.45, 7) is 1.48. The molecule has 74 valence electrons. The third kappa shape index (κ3) is 2.05. The number of hydrogen-bond donors (Lipinski definition) is 2. The molecule has 0 fully saturated rings. The van der Waals surface area contributed by atoms with Crippen molar-refractivity contribution >= 4 is 0 Å². The van der Waals surface area contributed by atoms with Gasteiger partial charge in [-0.25, -0.2) is 4.98 Å². The number of aryl methyl sites for hydroxylation is 1. The Morgan fingerprint density at radius 2 is 2.21 bits per heavy atom. The number of nitriles is 1. The van der Waals surface area contributed by atoms with E-state index < -0.39 is 18.2 Å². The van der Waals surface area contributed by atoms with E-state index in [2.05, 4.69) is 4.98 Å². The number of nitrogens with zero attached hydrogens (tertiary/aromatic N) is 2. The molecule has 14 heavy (non-hydrogen) atoms. The first-order chi connectivity index (χ1) is 6.56. The summed E-state index contributed by atoms with van der Waals surface area (Å²) in [4.78, 5) is 3.37. The molecular weight excluding hydrogens is 187 g/mol. The first-order valence-electron chi connectivity index (χ1n) is 3.94. The first-order valence-corrected chi connectivity index (χ1v) is 3.94. The zero-order valence-corrected chi connectivity index (χ0v) is 7.48. The summed E-state index contributed by atoms with van der Waals surface area (Å²) in [7, 11) is 0. The molecule has 2 atom stereocenters. The molecule has 0 saturated heterocycles. The number of rotatable bonds is 2. The molecule has 0 saturated carbocycles. The van der Waals surface area contributed by atoms with Gasteiger partial charge in [-0.3, -0.25) is 0 Å². The topological polar surface area (TPSA) is 77.1 Å². The van der Waals surface area contributed by atoms with E-state index in [1.54, 1.807) is 0 Å². The van der Waals surface area contributed by atoms with Crippen LogP contribution in [0.1, 0.15) is 17.2 Å². The Bertz CT molecular complexity index is 376. The molecule has 1 heterocycles. The number of halogens is 1. The van der Waals surface area contributed by atoms with E-state index in [9.17, 15) is 9.50 Å². The van der Waals surface area contributed by atoms with Gasteiger partial charge in [-0.05, 0) is 13.0 Å². The second-order valence-corrected chi connectivity index (χ2v) is 2.90. The maximum absolute atomic E-state index is 12.7. The van der Waals surface area contributed by atoms with Crippen molar-refractivity contribution < 1.29 is 14.6 Å². The Morgan fingerprint density at radius 3 is 2.71 bits per heavy atom. The van der Waals surface area contributed by atoms with Gasteiger partial charge in [0.25, 0.3) is 0 Å². The summed E-state index contributed by atoms with van der Waals surface area (Å²) in [6.07, 6.45) is -1.79. The van der Waals surface area contributed by atoms with Crippen LogP contribution >= 0.6 is 0 Å². The van der Waals surface area contributed by atoms with E-state index >= 15 is 0 Å². The Morgan fingerprint density at radius 1 is 1.57 bits per heavy atom. The molecule has 0 aliphatic rings. The molecule has 1 rings (SSSR count). The fourth-order valence-corrected chi connectivity index (χ4v) is 0.994. The lowest BCUT2D eigenvalue weighted by molar-refractivity contribution is 0.0524. The third-order valence-electron chi connectivity index (χ3n) is 1.81. The normalized spacial score (nSPS) is 14.5. The van der Waals surface area contributed by atoms with Crippen LogP contribution < -0.4 is 0 Å². The van der Waals surface area contributed by atoms with Gasteiger partial charge >= 0.3 is 0 Å². The van der Waals surface area contributed by atoms with Crippen LogP contribution in [0.25, 0.3) is 0 Å². The van der Waals surface area contributed by atoms with Crippen LogP contribution in [-0.2, 0) is 0 Å². The summed E-state index contributed by atoms with van der Waals surface area (Å²) in [5, 5.41) is 26.7. The maximum atomic E-state index is 12.7. The molecule has 0 amide bonds. The van der Waals surface area contributed by atoms with E-state index in [1.165, 1.54) is 19.1 Å². The van der Waals surface area contributed by atoms with E-state index in [0.717, 1.165) is 6.20 Å². The van der Waals surface area contributed by atoms with E-state index in [0.29, 0.717) is 0 Å². The average Bonchev–Trinajstić information content (AvgIpc) is 2.20. The summed E-state index contributed by atoms with van der Waals surface area (Å²) in [5.41, 5.74) is 0.477. The number of hydrogen-bond acceptors (Lipinski definition) is 4. The van der Waals surface area contributed by atoms with Gasteiger partial charge in [-0.15, -0.1) is 0 Å². The van der Waals surface area contributed by atoms with Gasteiger partial charge in [-0.1, -0.05) is 0 Å². The zero-order chi connectivity index (χ0) is 10.7. The molecule has 0 aliphatic carbocycles. The van der Waals surface area contributed by atoms with Crippen molar-refractivity contribution in [2.75, 3.05) is 0 Å². The minimum absolute atomic E-state index is 0.220. The van der Waals surface area contributed by atoms with Crippen LogP contribution in [0, 0.1) is 24.2 Å². The summed E-state index contributed by atoms with van der Waals surface area (Å²) in [6, 6.07) is 2.82. The van der Waals surface area contributed by atoms with Gasteiger partial charge in [0.15, 0.2) is 6.10 Å². The third-order valence-corrected chi connectivity index (χ3v) is 1.81. The lowest BCUT2D eigenvalue weighted by Gasteiger charge is -2.11. The average molecular weight is 196 g/mol. The predicted octanol–water partition coefficient (Wildman–Crippen LogP) is 0.447. The van der Waals surface area contributed by atoms with Gasteiger partial charge < -0.3 is 10.2 Å². The van der Waals surface area contributed by atoms with Gasteiger partial charge in [0, 0.05) is 17.3 Å². The summed E-state index contributed by atoms with van der Waals surface area (Å²) < 4.78 is 12.7. The van der Waals surface area contributed by atoms with Crippen molar-refractivity contribution in [2.24, 2.45) is 0 Å². The Kier molecular flexibility index (Phi) is 3.12. The molecular formula is C9H9FN2O2. The quantitative estimate of drug-likeness (QED) is 0.531. The van der Waals surface area contributed by atoms with Crippen molar-refractivity contribution in [1.29, 1.82) is 5.26 Å². The van der Waals surface area contributed by atoms with Gasteiger partial charge in [0.05, 0.1) is 6.07 Å². The fourth-order valence-electron chi connectivity index (χ4n) is 0.994. The smallest absolute Gasteiger partial charge is 0.215 e. The van der Waals surface area contributed by atoms with Gasteiger partial charge in [-0.2, -0.15) is 9.65 Å². The minimum atomic E-state index is -1.53. The Hall–Kier alpha value is -1.51. The highest BCUT2D eigenvalue weighted by Crippen LogP contribution is 2.17. The SMILES string of the molecule is Cc1cc(C(O)C(O)C#N)cnc1F. The van der Waals surface area contributed by atoms with Crippen LogP contribution in [0.4, 0.5) is 4.39 Å². The fraction of sp³-hybridized carbons (Fsp3) is 0.333. The molecule has 0 bridgehead atoms. The van der Waals surface area contributed by atoms with E-state index in [1.807, 2.05) is 0 Å².